The maximum atomic E-state index is 3.95. The van der Waals surface area contributed by atoms with Crippen LogP contribution in [0.3, 0.4) is 0 Å². The standard InChI is InChI=1S/C14H14BrN5S/c1-9-3-4-11(7-13(9)20-8-16-18-19-20)17-10(2)14-12(15)5-6-21-14/h3-8,10,17H,1-2H3. The number of rotatable bonds is 4. The molecule has 3 rings (SSSR count). The van der Waals surface area contributed by atoms with Gasteiger partial charge in [0.05, 0.1) is 11.7 Å². The molecule has 0 spiro atoms. The van der Waals surface area contributed by atoms with Crippen LogP contribution in [0.5, 0.6) is 0 Å². The van der Waals surface area contributed by atoms with Crippen molar-refractivity contribution in [3.05, 3.63) is 50.9 Å². The number of halogens is 1. The van der Waals surface area contributed by atoms with Gasteiger partial charge < -0.3 is 5.32 Å². The highest BCUT2D eigenvalue weighted by Crippen LogP contribution is 2.31. The molecule has 0 bridgehead atoms. The number of nitrogens with zero attached hydrogens (tertiary/aromatic N) is 4. The highest BCUT2D eigenvalue weighted by atomic mass is 79.9. The zero-order valence-corrected chi connectivity index (χ0v) is 14.0. The zero-order valence-electron chi connectivity index (χ0n) is 11.6. The lowest BCUT2D eigenvalue weighted by Gasteiger charge is -2.16. The highest BCUT2D eigenvalue weighted by molar-refractivity contribution is 9.10. The Bertz CT molecular complexity index is 738. The number of thiophene rings is 1. The van der Waals surface area contributed by atoms with Crippen LogP contribution < -0.4 is 5.32 Å². The topological polar surface area (TPSA) is 55.6 Å². The van der Waals surface area contributed by atoms with Crippen molar-refractivity contribution in [1.82, 2.24) is 20.2 Å². The predicted molar refractivity (Wildman–Crippen MR) is 87.9 cm³/mol. The summed E-state index contributed by atoms with van der Waals surface area (Å²) in [4.78, 5) is 1.28. The molecule has 1 atom stereocenters. The van der Waals surface area contributed by atoms with E-state index in [-0.39, 0.29) is 6.04 Å². The molecule has 5 nitrogen and oxygen atoms in total. The van der Waals surface area contributed by atoms with Gasteiger partial charge in [-0.15, -0.1) is 16.4 Å². The number of aryl methyl sites for hydroxylation is 1. The van der Waals surface area contributed by atoms with E-state index in [4.69, 9.17) is 0 Å². The Morgan fingerprint density at radius 1 is 1.33 bits per heavy atom. The first-order valence-electron chi connectivity index (χ1n) is 6.48. The Kier molecular flexibility index (Phi) is 4.03. The third kappa shape index (κ3) is 2.98. The first-order chi connectivity index (χ1) is 10.1. The van der Waals surface area contributed by atoms with Crippen LogP contribution in [0.25, 0.3) is 5.69 Å². The molecule has 7 heteroatoms. The van der Waals surface area contributed by atoms with E-state index in [1.54, 1.807) is 22.3 Å². The summed E-state index contributed by atoms with van der Waals surface area (Å²) in [6, 6.07) is 8.49. The molecule has 0 saturated carbocycles. The van der Waals surface area contributed by atoms with Gasteiger partial charge in [-0.25, -0.2) is 4.68 Å². The van der Waals surface area contributed by atoms with Gasteiger partial charge in [0.1, 0.15) is 6.33 Å². The van der Waals surface area contributed by atoms with Crippen molar-refractivity contribution < 1.29 is 0 Å². The molecule has 0 aliphatic rings. The summed E-state index contributed by atoms with van der Waals surface area (Å²) < 4.78 is 2.81. The minimum absolute atomic E-state index is 0.226. The number of benzene rings is 1. The molecule has 0 aliphatic carbocycles. The van der Waals surface area contributed by atoms with Crippen LogP contribution in [0.15, 0.2) is 40.4 Å². The first kappa shape index (κ1) is 14.2. The van der Waals surface area contributed by atoms with Gasteiger partial charge in [0.2, 0.25) is 0 Å². The number of nitrogens with one attached hydrogen (secondary N) is 1. The van der Waals surface area contributed by atoms with Crippen LogP contribution in [0, 0.1) is 6.92 Å². The van der Waals surface area contributed by atoms with Gasteiger partial charge in [-0.1, -0.05) is 6.07 Å². The van der Waals surface area contributed by atoms with E-state index in [9.17, 15) is 0 Å². The molecule has 1 N–H and O–H groups in total. The Balaban J connectivity index is 1.87. The summed E-state index contributed by atoms with van der Waals surface area (Å²) >= 11 is 5.31. The molecule has 3 aromatic rings. The molecular formula is C14H14BrN5S. The maximum Gasteiger partial charge on any atom is 0.143 e. The lowest BCUT2D eigenvalue weighted by molar-refractivity contribution is 0.785. The molecule has 21 heavy (non-hydrogen) atoms. The highest BCUT2D eigenvalue weighted by Gasteiger charge is 2.12. The van der Waals surface area contributed by atoms with Crippen LogP contribution in [-0.2, 0) is 0 Å². The van der Waals surface area contributed by atoms with Gasteiger partial charge in [0.25, 0.3) is 0 Å². The molecule has 2 aromatic heterocycles. The second-order valence-electron chi connectivity index (χ2n) is 4.75. The van der Waals surface area contributed by atoms with Crippen LogP contribution in [0.1, 0.15) is 23.4 Å². The summed E-state index contributed by atoms with van der Waals surface area (Å²) in [5.41, 5.74) is 3.14. The van der Waals surface area contributed by atoms with Gasteiger partial charge in [-0.2, -0.15) is 0 Å². The van der Waals surface area contributed by atoms with E-state index in [0.29, 0.717) is 0 Å². The van der Waals surface area contributed by atoms with Crippen LogP contribution in [-0.4, -0.2) is 20.2 Å². The van der Waals surface area contributed by atoms with Gasteiger partial charge in [-0.3, -0.25) is 0 Å². The third-order valence-electron chi connectivity index (χ3n) is 3.23. The largest absolute Gasteiger partial charge is 0.378 e. The number of tetrazole rings is 1. The SMILES string of the molecule is Cc1ccc(NC(C)c2sccc2Br)cc1-n1cnnn1. The number of anilines is 1. The second kappa shape index (κ2) is 5.95. The smallest absolute Gasteiger partial charge is 0.143 e. The van der Waals surface area contributed by atoms with Crippen LogP contribution >= 0.6 is 27.3 Å². The molecule has 0 amide bonds. The van der Waals surface area contributed by atoms with Crippen molar-refractivity contribution >= 4 is 33.0 Å². The molecule has 0 saturated heterocycles. The Morgan fingerprint density at radius 3 is 2.86 bits per heavy atom. The molecular weight excluding hydrogens is 350 g/mol. The summed E-state index contributed by atoms with van der Waals surface area (Å²) in [5, 5.41) is 16.9. The Hall–Kier alpha value is -1.73. The lowest BCUT2D eigenvalue weighted by Crippen LogP contribution is -2.07. The normalized spacial score (nSPS) is 12.3. The molecule has 108 valence electrons. The molecule has 2 heterocycles. The van der Waals surface area contributed by atoms with Gasteiger partial charge in [0.15, 0.2) is 0 Å². The molecule has 0 fully saturated rings. The van der Waals surface area contributed by atoms with Crippen LogP contribution in [0.2, 0.25) is 0 Å². The lowest BCUT2D eigenvalue weighted by atomic mass is 10.1. The van der Waals surface area contributed by atoms with Crippen molar-refractivity contribution in [2.45, 2.75) is 19.9 Å². The molecule has 1 aromatic carbocycles. The average molecular weight is 364 g/mol. The van der Waals surface area contributed by atoms with E-state index in [1.165, 1.54) is 4.88 Å². The Labute approximate surface area is 135 Å². The molecule has 0 radical (unpaired) electrons. The summed E-state index contributed by atoms with van der Waals surface area (Å²) in [6.45, 7) is 4.19. The van der Waals surface area contributed by atoms with E-state index < -0.39 is 0 Å². The number of aromatic nitrogens is 4. The molecule has 0 aliphatic heterocycles. The maximum absolute atomic E-state index is 3.95. The number of hydrogen-bond donors (Lipinski definition) is 1. The fourth-order valence-electron chi connectivity index (χ4n) is 2.15. The summed E-state index contributed by atoms with van der Waals surface area (Å²) in [7, 11) is 0. The minimum Gasteiger partial charge on any atom is -0.378 e. The van der Waals surface area contributed by atoms with E-state index in [2.05, 4.69) is 73.3 Å². The summed E-state index contributed by atoms with van der Waals surface area (Å²) in [5.74, 6) is 0. The monoisotopic (exact) mass is 363 g/mol. The fourth-order valence-corrected chi connectivity index (χ4v) is 3.87. The van der Waals surface area contributed by atoms with Crippen molar-refractivity contribution in [2.24, 2.45) is 0 Å². The second-order valence-corrected chi connectivity index (χ2v) is 6.56. The van der Waals surface area contributed by atoms with Crippen molar-refractivity contribution in [2.75, 3.05) is 5.32 Å². The van der Waals surface area contributed by atoms with Crippen molar-refractivity contribution in [1.29, 1.82) is 0 Å². The fraction of sp³-hybridized carbons (Fsp3) is 0.214. The zero-order chi connectivity index (χ0) is 14.8. The van der Waals surface area contributed by atoms with E-state index in [1.807, 2.05) is 6.92 Å². The average Bonchev–Trinajstić information content (AvgIpc) is 3.12. The van der Waals surface area contributed by atoms with Crippen molar-refractivity contribution in [3.63, 3.8) is 0 Å². The third-order valence-corrected chi connectivity index (χ3v) is 5.28. The van der Waals surface area contributed by atoms with Gasteiger partial charge in [0, 0.05) is 15.0 Å². The quantitative estimate of drug-likeness (QED) is 0.761. The first-order valence-corrected chi connectivity index (χ1v) is 8.16. The van der Waals surface area contributed by atoms with Gasteiger partial charge in [-0.05, 0) is 69.3 Å². The van der Waals surface area contributed by atoms with E-state index in [0.717, 1.165) is 21.4 Å². The summed E-state index contributed by atoms with van der Waals surface area (Å²) in [6.07, 6.45) is 1.60. The van der Waals surface area contributed by atoms with Crippen LogP contribution in [0.4, 0.5) is 5.69 Å². The predicted octanol–water partition coefficient (Wildman–Crippen LogP) is 3.97. The van der Waals surface area contributed by atoms with Crippen molar-refractivity contribution in [3.8, 4) is 5.69 Å². The molecule has 1 unspecified atom stereocenters. The Morgan fingerprint density at radius 2 is 2.19 bits per heavy atom. The van der Waals surface area contributed by atoms with E-state index >= 15 is 0 Å². The van der Waals surface area contributed by atoms with Gasteiger partial charge >= 0.3 is 0 Å². The minimum atomic E-state index is 0.226. The number of hydrogen-bond acceptors (Lipinski definition) is 5.